The minimum absolute atomic E-state index is 0.250. The van der Waals surface area contributed by atoms with Crippen LogP contribution in [0.5, 0.6) is 0 Å². The van der Waals surface area contributed by atoms with Gasteiger partial charge in [-0.15, -0.1) is 0 Å². The lowest BCUT2D eigenvalue weighted by atomic mass is 9.88. The highest BCUT2D eigenvalue weighted by Crippen LogP contribution is 2.36. The van der Waals surface area contributed by atoms with Crippen LogP contribution in [0.1, 0.15) is 17.2 Å². The van der Waals surface area contributed by atoms with Gasteiger partial charge in [-0.3, -0.25) is 0 Å². The minimum Gasteiger partial charge on any atom is -0.386 e. The van der Waals surface area contributed by atoms with Gasteiger partial charge in [0, 0.05) is 10.8 Å². The summed E-state index contributed by atoms with van der Waals surface area (Å²) in [6.45, 7) is 0. The highest BCUT2D eigenvalue weighted by molar-refractivity contribution is 6.03. The van der Waals surface area contributed by atoms with Gasteiger partial charge in [-0.25, -0.2) is 4.39 Å². The normalized spacial score (nSPS) is 20.9. The van der Waals surface area contributed by atoms with E-state index in [2.05, 4.69) is 0 Å². The summed E-state index contributed by atoms with van der Waals surface area (Å²) in [6, 6.07) is 12.6. The molecule has 0 unspecified atom stereocenters. The highest BCUT2D eigenvalue weighted by Gasteiger charge is 2.24. The Morgan fingerprint density at radius 3 is 2.57 bits per heavy atom. The maximum atomic E-state index is 14.7. The van der Waals surface area contributed by atoms with E-state index in [1.54, 1.807) is 30.4 Å². The zero-order chi connectivity index (χ0) is 14.6. The van der Waals surface area contributed by atoms with E-state index >= 15 is 0 Å². The Balaban J connectivity index is 2.15. The second kappa shape index (κ2) is 4.38. The van der Waals surface area contributed by atoms with Crippen molar-refractivity contribution in [1.29, 1.82) is 0 Å². The lowest BCUT2D eigenvalue weighted by molar-refractivity contribution is 0.0471. The third-order valence-electron chi connectivity index (χ3n) is 4.16. The fourth-order valence-electron chi connectivity index (χ4n) is 3.05. The summed E-state index contributed by atoms with van der Waals surface area (Å²) in [5.74, 6) is -0.250. The Kier molecular flexibility index (Phi) is 2.61. The van der Waals surface area contributed by atoms with Crippen LogP contribution in [-0.2, 0) is 0 Å². The van der Waals surface area contributed by atoms with Crippen molar-refractivity contribution in [3.8, 4) is 0 Å². The molecular formula is C18H13FO2. The second-order valence-electron chi connectivity index (χ2n) is 5.37. The number of aliphatic hydroxyl groups excluding tert-OH is 2. The molecule has 0 saturated carbocycles. The Labute approximate surface area is 120 Å². The maximum Gasteiger partial charge on any atom is 0.138 e. The number of benzene rings is 3. The molecule has 3 aromatic rings. The number of hydrogen-bond donors (Lipinski definition) is 2. The molecule has 2 atom stereocenters. The first-order valence-electron chi connectivity index (χ1n) is 6.85. The van der Waals surface area contributed by atoms with Crippen molar-refractivity contribution in [2.75, 3.05) is 0 Å². The van der Waals surface area contributed by atoms with Gasteiger partial charge >= 0.3 is 0 Å². The average molecular weight is 280 g/mol. The monoisotopic (exact) mass is 280 g/mol. The fraction of sp³-hybridized carbons (Fsp3) is 0.111. The molecule has 104 valence electrons. The molecule has 3 heteroatoms. The molecule has 1 aliphatic rings. The quantitative estimate of drug-likeness (QED) is 0.618. The van der Waals surface area contributed by atoms with Gasteiger partial charge in [-0.05, 0) is 28.0 Å². The predicted octanol–water partition coefficient (Wildman–Crippen LogP) is 3.55. The molecule has 0 saturated heterocycles. The van der Waals surface area contributed by atoms with Crippen molar-refractivity contribution in [3.63, 3.8) is 0 Å². The molecule has 21 heavy (non-hydrogen) atoms. The summed E-state index contributed by atoms with van der Waals surface area (Å²) in [4.78, 5) is 0. The van der Waals surface area contributed by atoms with E-state index in [4.69, 9.17) is 0 Å². The topological polar surface area (TPSA) is 40.5 Å². The smallest absolute Gasteiger partial charge is 0.138 e. The van der Waals surface area contributed by atoms with Crippen LogP contribution in [0.4, 0.5) is 4.39 Å². The van der Waals surface area contributed by atoms with Crippen LogP contribution in [0.15, 0.2) is 48.5 Å². The van der Waals surface area contributed by atoms with E-state index in [1.807, 2.05) is 24.3 Å². The van der Waals surface area contributed by atoms with Crippen LogP contribution in [0.25, 0.3) is 27.6 Å². The van der Waals surface area contributed by atoms with Gasteiger partial charge in [-0.1, -0.05) is 48.6 Å². The number of aliphatic hydroxyl groups is 2. The molecule has 0 fully saturated rings. The van der Waals surface area contributed by atoms with Gasteiger partial charge < -0.3 is 10.2 Å². The molecule has 0 aliphatic heterocycles. The molecule has 0 spiro atoms. The summed E-state index contributed by atoms with van der Waals surface area (Å²) in [7, 11) is 0. The molecule has 2 N–H and O–H groups in total. The molecule has 1 aliphatic carbocycles. The lowest BCUT2D eigenvalue weighted by Crippen LogP contribution is -2.19. The van der Waals surface area contributed by atoms with E-state index in [9.17, 15) is 14.6 Å². The SMILES string of the molecule is O[C@H]1C=Cc2c(ccc3c(F)c4ccccc4cc23)[C@@H]1O. The zero-order valence-electron chi connectivity index (χ0n) is 11.1. The van der Waals surface area contributed by atoms with Crippen molar-refractivity contribution in [2.45, 2.75) is 12.2 Å². The van der Waals surface area contributed by atoms with Crippen molar-refractivity contribution in [1.82, 2.24) is 0 Å². The van der Waals surface area contributed by atoms with Crippen molar-refractivity contribution in [2.24, 2.45) is 0 Å². The largest absolute Gasteiger partial charge is 0.386 e. The van der Waals surface area contributed by atoms with Crippen molar-refractivity contribution < 1.29 is 14.6 Å². The number of fused-ring (bicyclic) bond motifs is 4. The standard InChI is InChI=1S/C18H13FO2/c19-17-11-4-2-1-3-10(11)9-15-12-7-8-16(20)18(21)14(12)6-5-13(15)17/h1-9,16,18,20-21H/t16-,18-/m0/s1. The van der Waals surface area contributed by atoms with Crippen LogP contribution in [0, 0.1) is 5.82 Å². The Bertz CT molecular complexity index is 898. The number of rotatable bonds is 0. The van der Waals surface area contributed by atoms with Gasteiger partial charge in [-0.2, -0.15) is 0 Å². The predicted molar refractivity (Wildman–Crippen MR) is 81.4 cm³/mol. The van der Waals surface area contributed by atoms with Gasteiger partial charge in [0.2, 0.25) is 0 Å². The van der Waals surface area contributed by atoms with Crippen LogP contribution < -0.4 is 0 Å². The Morgan fingerprint density at radius 2 is 1.71 bits per heavy atom. The molecule has 0 heterocycles. The average Bonchev–Trinajstić information content (AvgIpc) is 2.51. The molecule has 0 bridgehead atoms. The molecule has 0 amide bonds. The summed E-state index contributed by atoms with van der Waals surface area (Å²) in [6.07, 6.45) is 1.41. The third-order valence-corrected chi connectivity index (χ3v) is 4.16. The van der Waals surface area contributed by atoms with Crippen LogP contribution in [0.2, 0.25) is 0 Å². The molecule has 0 aromatic heterocycles. The Hall–Kier alpha value is -2.23. The number of hydrogen-bond acceptors (Lipinski definition) is 2. The van der Waals surface area contributed by atoms with Crippen LogP contribution in [-0.4, -0.2) is 16.3 Å². The van der Waals surface area contributed by atoms with Gasteiger partial charge in [0.1, 0.15) is 18.0 Å². The van der Waals surface area contributed by atoms with Gasteiger partial charge in [0.25, 0.3) is 0 Å². The van der Waals surface area contributed by atoms with E-state index in [0.29, 0.717) is 16.3 Å². The number of halogens is 1. The van der Waals surface area contributed by atoms with Gasteiger partial charge in [0.15, 0.2) is 0 Å². The maximum absolute atomic E-state index is 14.7. The molecule has 0 radical (unpaired) electrons. The van der Waals surface area contributed by atoms with E-state index in [0.717, 1.165) is 16.3 Å². The zero-order valence-corrected chi connectivity index (χ0v) is 11.1. The summed E-state index contributed by atoms with van der Waals surface area (Å²) in [5, 5.41) is 22.5. The molecule has 2 nitrogen and oxygen atoms in total. The Morgan fingerprint density at radius 1 is 0.905 bits per heavy atom. The lowest BCUT2D eigenvalue weighted by Gasteiger charge is -2.23. The van der Waals surface area contributed by atoms with Crippen molar-refractivity contribution >= 4 is 27.6 Å². The van der Waals surface area contributed by atoms with Crippen LogP contribution in [0.3, 0.4) is 0 Å². The third kappa shape index (κ3) is 1.71. The molecular weight excluding hydrogens is 267 g/mol. The first kappa shape index (κ1) is 12.5. The molecule has 4 rings (SSSR count). The van der Waals surface area contributed by atoms with E-state index in [1.165, 1.54) is 0 Å². The first-order chi connectivity index (χ1) is 10.2. The van der Waals surface area contributed by atoms with E-state index < -0.39 is 12.2 Å². The summed E-state index contributed by atoms with van der Waals surface area (Å²) in [5.41, 5.74) is 1.40. The summed E-state index contributed by atoms with van der Waals surface area (Å²) < 4.78 is 14.7. The van der Waals surface area contributed by atoms with Crippen molar-refractivity contribution in [3.05, 3.63) is 65.5 Å². The minimum atomic E-state index is -0.969. The fourth-order valence-corrected chi connectivity index (χ4v) is 3.05. The van der Waals surface area contributed by atoms with Gasteiger partial charge in [0.05, 0.1) is 0 Å². The van der Waals surface area contributed by atoms with E-state index in [-0.39, 0.29) is 5.82 Å². The highest BCUT2D eigenvalue weighted by atomic mass is 19.1. The second-order valence-corrected chi connectivity index (χ2v) is 5.37. The molecule has 3 aromatic carbocycles. The first-order valence-corrected chi connectivity index (χ1v) is 6.85. The van der Waals surface area contributed by atoms with Crippen LogP contribution >= 0.6 is 0 Å². The summed E-state index contributed by atoms with van der Waals surface area (Å²) >= 11 is 0.